The molecule has 1 rings (SSSR count). The average molecular weight is 320 g/mol. The lowest BCUT2D eigenvalue weighted by molar-refractivity contribution is -0.124. The number of carbonyl (C=O) groups excluding carboxylic acids is 1. The smallest absolute Gasteiger partial charge is 0.242 e. The van der Waals surface area contributed by atoms with Gasteiger partial charge in [0.2, 0.25) is 5.91 Å². The van der Waals surface area contributed by atoms with Crippen molar-refractivity contribution in [2.45, 2.75) is 12.5 Å². The van der Waals surface area contributed by atoms with E-state index < -0.39 is 17.3 Å². The Morgan fingerprint density at radius 1 is 1.55 bits per heavy atom. The predicted molar refractivity (Wildman–Crippen MR) is 75.0 cm³/mol. The molecular formula is C11H12Cl2FN5O. The van der Waals surface area contributed by atoms with Crippen molar-refractivity contribution >= 4 is 29.1 Å². The monoisotopic (exact) mass is 319 g/mol. The summed E-state index contributed by atoms with van der Waals surface area (Å²) < 4.78 is 13.6. The fourth-order valence-electron chi connectivity index (χ4n) is 1.62. The highest BCUT2D eigenvalue weighted by Crippen LogP contribution is 2.32. The van der Waals surface area contributed by atoms with Gasteiger partial charge in [0.25, 0.3) is 0 Å². The lowest BCUT2D eigenvalue weighted by Gasteiger charge is -2.29. The molecule has 0 saturated carbocycles. The molecule has 6 nitrogen and oxygen atoms in total. The Balaban J connectivity index is 3.15. The van der Waals surface area contributed by atoms with E-state index in [1.165, 1.54) is 13.0 Å². The minimum atomic E-state index is -1.41. The molecule has 0 aliphatic heterocycles. The molecule has 0 saturated heterocycles. The van der Waals surface area contributed by atoms with Crippen LogP contribution in [0.1, 0.15) is 12.5 Å². The Kier molecular flexibility index (Phi) is 5.59. The normalized spacial score (nSPS) is 13.4. The van der Waals surface area contributed by atoms with Crippen LogP contribution in [0.3, 0.4) is 0 Å². The zero-order chi connectivity index (χ0) is 15.3. The van der Waals surface area contributed by atoms with Gasteiger partial charge in [0.1, 0.15) is 11.4 Å². The highest BCUT2D eigenvalue weighted by atomic mass is 35.5. The van der Waals surface area contributed by atoms with Crippen molar-refractivity contribution in [3.63, 3.8) is 0 Å². The summed E-state index contributed by atoms with van der Waals surface area (Å²) >= 11 is 11.6. The van der Waals surface area contributed by atoms with Crippen molar-refractivity contribution in [3.05, 3.63) is 44.0 Å². The van der Waals surface area contributed by atoms with Crippen LogP contribution < -0.4 is 11.1 Å². The number of benzene rings is 1. The van der Waals surface area contributed by atoms with Gasteiger partial charge in [-0.15, -0.1) is 0 Å². The topological polar surface area (TPSA) is 104 Å². The van der Waals surface area contributed by atoms with Gasteiger partial charge < -0.3 is 5.73 Å². The molecule has 1 atom stereocenters. The third kappa shape index (κ3) is 3.52. The van der Waals surface area contributed by atoms with Crippen molar-refractivity contribution in [3.8, 4) is 0 Å². The van der Waals surface area contributed by atoms with Gasteiger partial charge in [-0.25, -0.2) is 4.39 Å². The minimum absolute atomic E-state index is 0.104. The lowest BCUT2D eigenvalue weighted by Crippen LogP contribution is -2.51. The summed E-state index contributed by atoms with van der Waals surface area (Å²) in [6.45, 7) is 1.73. The number of nitrogens with zero attached hydrogens (tertiary/aromatic N) is 3. The van der Waals surface area contributed by atoms with Gasteiger partial charge in [-0.3, -0.25) is 10.1 Å². The van der Waals surface area contributed by atoms with Crippen LogP contribution in [-0.4, -0.2) is 19.0 Å². The molecule has 1 aromatic rings. The van der Waals surface area contributed by atoms with Crippen LogP contribution in [0.25, 0.3) is 10.4 Å². The summed E-state index contributed by atoms with van der Waals surface area (Å²) in [6.07, 6.45) is 0. The van der Waals surface area contributed by atoms with E-state index in [1.807, 2.05) is 0 Å². The average Bonchev–Trinajstić information content (AvgIpc) is 2.38. The zero-order valence-electron chi connectivity index (χ0n) is 10.5. The van der Waals surface area contributed by atoms with E-state index in [1.54, 1.807) is 0 Å². The predicted octanol–water partition coefficient (Wildman–Crippen LogP) is 2.73. The highest BCUT2D eigenvalue weighted by molar-refractivity contribution is 6.35. The molecule has 1 amide bonds. The maximum absolute atomic E-state index is 13.6. The molecule has 0 radical (unpaired) electrons. The molecule has 0 aromatic heterocycles. The maximum atomic E-state index is 13.6. The lowest BCUT2D eigenvalue weighted by atomic mass is 9.91. The molecule has 108 valence electrons. The number of amides is 1. The number of hydrogen-bond acceptors (Lipinski definition) is 3. The summed E-state index contributed by atoms with van der Waals surface area (Å²) in [5, 5.41) is 6.07. The number of nitrogens with two attached hydrogens (primary N) is 1. The second-order valence-corrected chi connectivity index (χ2v) is 4.93. The number of rotatable bonds is 6. The number of hydrogen-bond donors (Lipinski definition) is 2. The molecule has 0 aliphatic carbocycles. The molecule has 0 spiro atoms. The van der Waals surface area contributed by atoms with Gasteiger partial charge in [0.15, 0.2) is 0 Å². The summed E-state index contributed by atoms with van der Waals surface area (Å²) in [5.74, 6) is -1.46. The number of halogens is 3. The maximum Gasteiger partial charge on any atom is 0.242 e. The molecule has 9 heteroatoms. The Bertz CT molecular complexity index is 576. The second-order valence-electron chi connectivity index (χ2n) is 4.12. The van der Waals surface area contributed by atoms with Crippen LogP contribution in [0.2, 0.25) is 10.0 Å². The van der Waals surface area contributed by atoms with E-state index >= 15 is 0 Å². The van der Waals surface area contributed by atoms with E-state index in [9.17, 15) is 9.18 Å². The van der Waals surface area contributed by atoms with Crippen molar-refractivity contribution in [1.82, 2.24) is 5.32 Å². The first kappa shape index (κ1) is 16.5. The molecule has 1 aromatic carbocycles. The van der Waals surface area contributed by atoms with E-state index in [-0.39, 0.29) is 28.7 Å². The van der Waals surface area contributed by atoms with E-state index in [0.29, 0.717) is 0 Å². The molecular weight excluding hydrogens is 308 g/mol. The second kappa shape index (κ2) is 6.76. The molecule has 0 aliphatic rings. The van der Waals surface area contributed by atoms with Gasteiger partial charge in [0.05, 0.1) is 5.02 Å². The molecule has 0 bridgehead atoms. The van der Waals surface area contributed by atoms with Crippen molar-refractivity contribution in [2.24, 2.45) is 10.8 Å². The van der Waals surface area contributed by atoms with Gasteiger partial charge >= 0.3 is 0 Å². The standard InChI is InChI=1S/C11H12Cl2FN5O/c1-11(10(15)20,17-2-3-18-19-16)6-4-9(14)8(13)5-7(6)12/h4-5,17H,2-3H2,1H3,(H2,15,20). The van der Waals surface area contributed by atoms with Crippen LogP contribution in [0.4, 0.5) is 4.39 Å². The van der Waals surface area contributed by atoms with Gasteiger partial charge in [-0.1, -0.05) is 28.3 Å². The third-order valence-electron chi connectivity index (χ3n) is 2.80. The largest absolute Gasteiger partial charge is 0.368 e. The first-order valence-electron chi connectivity index (χ1n) is 5.53. The number of carbonyl (C=O) groups is 1. The molecule has 3 N–H and O–H groups in total. The first-order chi connectivity index (χ1) is 9.32. The van der Waals surface area contributed by atoms with Crippen LogP contribution in [-0.2, 0) is 10.3 Å². The molecule has 1 unspecified atom stereocenters. The van der Waals surface area contributed by atoms with E-state index in [0.717, 1.165) is 6.07 Å². The Morgan fingerprint density at radius 3 is 2.75 bits per heavy atom. The summed E-state index contributed by atoms with van der Waals surface area (Å²) in [4.78, 5) is 14.3. The summed E-state index contributed by atoms with van der Waals surface area (Å²) in [5.41, 5.74) is 12.3. The Hall–Kier alpha value is -1.53. The summed E-state index contributed by atoms with van der Waals surface area (Å²) in [6, 6.07) is 2.25. The third-order valence-corrected chi connectivity index (χ3v) is 3.40. The van der Waals surface area contributed by atoms with Crippen LogP contribution in [0, 0.1) is 5.82 Å². The molecule has 0 fully saturated rings. The van der Waals surface area contributed by atoms with Crippen LogP contribution >= 0.6 is 23.2 Å². The molecule has 0 heterocycles. The van der Waals surface area contributed by atoms with Gasteiger partial charge in [-0.05, 0) is 24.6 Å². The number of primary amides is 1. The van der Waals surface area contributed by atoms with Gasteiger partial charge in [-0.2, -0.15) is 0 Å². The number of nitrogens with one attached hydrogen (secondary N) is 1. The minimum Gasteiger partial charge on any atom is -0.368 e. The van der Waals surface area contributed by atoms with Crippen LogP contribution in [0.5, 0.6) is 0 Å². The van der Waals surface area contributed by atoms with E-state index in [4.69, 9.17) is 34.5 Å². The quantitative estimate of drug-likeness (QED) is 0.277. The first-order valence-corrected chi connectivity index (χ1v) is 6.29. The van der Waals surface area contributed by atoms with E-state index in [2.05, 4.69) is 15.3 Å². The zero-order valence-corrected chi connectivity index (χ0v) is 12.0. The van der Waals surface area contributed by atoms with Crippen LogP contribution in [0.15, 0.2) is 17.2 Å². The van der Waals surface area contributed by atoms with Crippen molar-refractivity contribution < 1.29 is 9.18 Å². The molecule has 20 heavy (non-hydrogen) atoms. The Labute approximate surface area is 124 Å². The van der Waals surface area contributed by atoms with Gasteiger partial charge in [0, 0.05) is 28.6 Å². The Morgan fingerprint density at radius 2 is 2.20 bits per heavy atom. The SMILES string of the molecule is CC(NCCN=[N+]=[N-])(C(N)=O)c1cc(F)c(Cl)cc1Cl. The van der Waals surface area contributed by atoms with Crippen molar-refractivity contribution in [1.29, 1.82) is 0 Å². The fraction of sp³-hybridized carbons (Fsp3) is 0.364. The fourth-order valence-corrected chi connectivity index (χ4v) is 2.19. The van der Waals surface area contributed by atoms with Crippen molar-refractivity contribution in [2.75, 3.05) is 13.1 Å². The number of azide groups is 1. The highest BCUT2D eigenvalue weighted by Gasteiger charge is 2.35. The summed E-state index contributed by atoms with van der Waals surface area (Å²) in [7, 11) is 0.